The maximum Gasteiger partial charge on any atom is 0.248 e. The SMILES string of the molecule is CC[C@@H](O)C1CCC(F)(F)C1. The largest absolute Gasteiger partial charge is 0.393 e. The van der Waals surface area contributed by atoms with Crippen molar-refractivity contribution in [3.05, 3.63) is 0 Å². The summed E-state index contributed by atoms with van der Waals surface area (Å²) in [7, 11) is 0. The van der Waals surface area contributed by atoms with Gasteiger partial charge in [-0.2, -0.15) is 0 Å². The number of alkyl halides is 2. The fourth-order valence-electron chi connectivity index (χ4n) is 1.65. The van der Waals surface area contributed by atoms with Gasteiger partial charge in [-0.05, 0) is 18.8 Å². The van der Waals surface area contributed by atoms with E-state index in [0.29, 0.717) is 12.8 Å². The minimum atomic E-state index is -2.51. The third kappa shape index (κ3) is 2.12. The smallest absolute Gasteiger partial charge is 0.248 e. The predicted octanol–water partition coefficient (Wildman–Crippen LogP) is 2.19. The first kappa shape index (κ1) is 8.91. The van der Waals surface area contributed by atoms with E-state index in [-0.39, 0.29) is 18.8 Å². The Labute approximate surface area is 65.4 Å². The van der Waals surface area contributed by atoms with Crippen LogP contribution >= 0.6 is 0 Å². The van der Waals surface area contributed by atoms with Crippen molar-refractivity contribution in [1.29, 1.82) is 0 Å². The predicted molar refractivity (Wildman–Crippen MR) is 38.6 cm³/mol. The Morgan fingerprint density at radius 3 is 2.64 bits per heavy atom. The maximum absolute atomic E-state index is 12.6. The van der Waals surface area contributed by atoms with E-state index in [0.717, 1.165) is 0 Å². The first-order valence-electron chi connectivity index (χ1n) is 4.11. The van der Waals surface area contributed by atoms with Gasteiger partial charge in [0.2, 0.25) is 5.92 Å². The zero-order valence-electron chi connectivity index (χ0n) is 6.69. The lowest BCUT2D eigenvalue weighted by Gasteiger charge is -2.15. The molecule has 0 radical (unpaired) electrons. The lowest BCUT2D eigenvalue weighted by atomic mass is 9.99. The first-order chi connectivity index (χ1) is 5.05. The van der Waals surface area contributed by atoms with Crippen LogP contribution in [0.25, 0.3) is 0 Å². The third-order valence-corrected chi connectivity index (χ3v) is 2.40. The van der Waals surface area contributed by atoms with Crippen LogP contribution in [0.5, 0.6) is 0 Å². The van der Waals surface area contributed by atoms with E-state index in [1.807, 2.05) is 6.92 Å². The van der Waals surface area contributed by atoms with Gasteiger partial charge in [0.15, 0.2) is 0 Å². The molecule has 0 aromatic carbocycles. The molecule has 0 aromatic heterocycles. The molecule has 1 rings (SSSR count). The van der Waals surface area contributed by atoms with E-state index in [4.69, 9.17) is 0 Å². The maximum atomic E-state index is 12.6. The molecule has 1 nitrogen and oxygen atoms in total. The van der Waals surface area contributed by atoms with Crippen LogP contribution in [0.3, 0.4) is 0 Å². The van der Waals surface area contributed by atoms with E-state index in [2.05, 4.69) is 0 Å². The molecule has 11 heavy (non-hydrogen) atoms. The molecule has 1 aliphatic carbocycles. The normalized spacial score (nSPS) is 32.2. The second-order valence-corrected chi connectivity index (χ2v) is 3.33. The molecule has 3 heteroatoms. The van der Waals surface area contributed by atoms with E-state index in [1.54, 1.807) is 0 Å². The highest BCUT2D eigenvalue weighted by molar-refractivity contribution is 4.84. The van der Waals surface area contributed by atoms with Crippen molar-refractivity contribution in [2.45, 2.75) is 44.6 Å². The van der Waals surface area contributed by atoms with Crippen molar-refractivity contribution in [1.82, 2.24) is 0 Å². The van der Waals surface area contributed by atoms with Crippen LogP contribution in [-0.2, 0) is 0 Å². The summed E-state index contributed by atoms with van der Waals surface area (Å²) in [5.74, 6) is -2.68. The molecule has 0 saturated heterocycles. The third-order valence-electron chi connectivity index (χ3n) is 2.40. The van der Waals surface area contributed by atoms with Gasteiger partial charge in [-0.3, -0.25) is 0 Å². The lowest BCUT2D eigenvalue weighted by molar-refractivity contribution is -0.00515. The topological polar surface area (TPSA) is 20.2 Å². The van der Waals surface area contributed by atoms with Crippen LogP contribution in [0.2, 0.25) is 0 Å². The number of halogens is 2. The highest BCUT2D eigenvalue weighted by atomic mass is 19.3. The molecule has 1 N–H and O–H groups in total. The number of hydrogen-bond acceptors (Lipinski definition) is 1. The number of aliphatic hydroxyl groups excluding tert-OH is 1. The minimum Gasteiger partial charge on any atom is -0.393 e. The average molecular weight is 164 g/mol. The van der Waals surface area contributed by atoms with Gasteiger partial charge < -0.3 is 5.11 Å². The Bertz CT molecular complexity index is 136. The molecule has 0 aliphatic heterocycles. The Hall–Kier alpha value is -0.180. The second kappa shape index (κ2) is 3.05. The van der Waals surface area contributed by atoms with Crippen molar-refractivity contribution in [2.75, 3.05) is 0 Å². The van der Waals surface area contributed by atoms with Gasteiger partial charge in [0.05, 0.1) is 6.10 Å². The Kier molecular flexibility index (Phi) is 2.47. The van der Waals surface area contributed by atoms with Crippen molar-refractivity contribution in [2.24, 2.45) is 5.92 Å². The fraction of sp³-hybridized carbons (Fsp3) is 1.00. The van der Waals surface area contributed by atoms with Gasteiger partial charge in [0.1, 0.15) is 0 Å². The van der Waals surface area contributed by atoms with Gasteiger partial charge in [0, 0.05) is 12.8 Å². The van der Waals surface area contributed by atoms with Crippen molar-refractivity contribution in [3.8, 4) is 0 Å². The van der Waals surface area contributed by atoms with E-state index in [1.165, 1.54) is 0 Å². The number of aliphatic hydroxyl groups is 1. The molecule has 66 valence electrons. The average Bonchev–Trinajstić information content (AvgIpc) is 2.29. The molecule has 0 spiro atoms. The van der Waals surface area contributed by atoms with Crippen LogP contribution in [0.1, 0.15) is 32.6 Å². The molecular formula is C8H14F2O. The van der Waals surface area contributed by atoms with Crippen LogP contribution < -0.4 is 0 Å². The standard InChI is InChI=1S/C8H14F2O/c1-2-7(11)6-3-4-8(9,10)5-6/h6-7,11H,2-5H2,1H3/t6?,7-/m1/s1. The van der Waals surface area contributed by atoms with Crippen LogP contribution in [0, 0.1) is 5.92 Å². The Morgan fingerprint density at radius 1 is 1.64 bits per heavy atom. The molecule has 1 unspecified atom stereocenters. The quantitative estimate of drug-likeness (QED) is 0.663. The van der Waals surface area contributed by atoms with Gasteiger partial charge in [-0.1, -0.05) is 6.92 Å². The molecule has 0 aromatic rings. The van der Waals surface area contributed by atoms with Crippen molar-refractivity contribution < 1.29 is 13.9 Å². The molecule has 0 bridgehead atoms. The molecule has 1 saturated carbocycles. The summed E-state index contributed by atoms with van der Waals surface area (Å²) in [4.78, 5) is 0. The number of rotatable bonds is 2. The summed E-state index contributed by atoms with van der Waals surface area (Å²) in [6, 6.07) is 0. The second-order valence-electron chi connectivity index (χ2n) is 3.33. The van der Waals surface area contributed by atoms with Gasteiger partial charge in [-0.25, -0.2) is 8.78 Å². The summed E-state index contributed by atoms with van der Waals surface area (Å²) in [5, 5.41) is 9.26. The van der Waals surface area contributed by atoms with Crippen LogP contribution in [-0.4, -0.2) is 17.1 Å². The summed E-state index contributed by atoms with van der Waals surface area (Å²) >= 11 is 0. The van der Waals surface area contributed by atoms with Crippen LogP contribution in [0.4, 0.5) is 8.78 Å². The molecule has 1 aliphatic rings. The summed E-state index contributed by atoms with van der Waals surface area (Å²) in [5.41, 5.74) is 0. The Morgan fingerprint density at radius 2 is 2.27 bits per heavy atom. The van der Waals surface area contributed by atoms with Crippen molar-refractivity contribution >= 4 is 0 Å². The van der Waals surface area contributed by atoms with E-state index >= 15 is 0 Å². The van der Waals surface area contributed by atoms with E-state index in [9.17, 15) is 13.9 Å². The Balaban J connectivity index is 2.41. The molecule has 1 fully saturated rings. The van der Waals surface area contributed by atoms with E-state index < -0.39 is 12.0 Å². The van der Waals surface area contributed by atoms with Gasteiger partial charge >= 0.3 is 0 Å². The summed E-state index contributed by atoms with van der Waals surface area (Å²) < 4.78 is 25.2. The minimum absolute atomic E-state index is 0.0469. The summed E-state index contributed by atoms with van der Waals surface area (Å²) in [6.07, 6.45) is 0.364. The molecule has 0 amide bonds. The zero-order valence-corrected chi connectivity index (χ0v) is 6.69. The van der Waals surface area contributed by atoms with Crippen LogP contribution in [0.15, 0.2) is 0 Å². The van der Waals surface area contributed by atoms with Gasteiger partial charge in [-0.15, -0.1) is 0 Å². The molecular weight excluding hydrogens is 150 g/mol. The zero-order chi connectivity index (χ0) is 8.48. The number of hydrogen-bond donors (Lipinski definition) is 1. The highest BCUT2D eigenvalue weighted by Gasteiger charge is 2.41. The summed E-state index contributed by atoms with van der Waals surface area (Å²) in [6.45, 7) is 1.82. The highest BCUT2D eigenvalue weighted by Crippen LogP contribution is 2.40. The fourth-order valence-corrected chi connectivity index (χ4v) is 1.65. The first-order valence-corrected chi connectivity index (χ1v) is 4.11. The van der Waals surface area contributed by atoms with Gasteiger partial charge in [0.25, 0.3) is 0 Å². The van der Waals surface area contributed by atoms with Crippen molar-refractivity contribution in [3.63, 3.8) is 0 Å². The lowest BCUT2D eigenvalue weighted by Crippen LogP contribution is -2.19. The monoisotopic (exact) mass is 164 g/mol. The molecule has 2 atom stereocenters. The molecule has 0 heterocycles.